The molecule has 0 spiro atoms. The summed E-state index contributed by atoms with van der Waals surface area (Å²) in [5.41, 5.74) is 31.7. The number of hydrazone groups is 1. The lowest BCUT2D eigenvalue weighted by molar-refractivity contribution is 0.981. The first-order chi connectivity index (χ1) is 35.6. The first-order valence-corrected chi connectivity index (χ1v) is 24.6. The van der Waals surface area contributed by atoms with Gasteiger partial charge in [0.05, 0.1) is 22.4 Å². The molecule has 12 aromatic carbocycles. The molecule has 0 atom stereocenters. The lowest BCUT2D eigenvalue weighted by atomic mass is 9.91. The Labute approximate surface area is 415 Å². The topological polar surface area (TPSA) is 58.6 Å². The summed E-state index contributed by atoms with van der Waals surface area (Å²) in [4.78, 5) is 0. The molecule has 0 amide bonds. The number of benzene rings is 12. The molecule has 2 heterocycles. The van der Waals surface area contributed by atoms with Crippen molar-refractivity contribution in [2.24, 2.45) is 5.10 Å². The molecule has 1 aliphatic heterocycles. The molecule has 13 aromatic rings. The molecule has 0 unspecified atom stereocenters. The van der Waals surface area contributed by atoms with Gasteiger partial charge in [-0.15, -0.1) is 0 Å². The van der Waals surface area contributed by atoms with Crippen molar-refractivity contribution in [3.63, 3.8) is 0 Å². The van der Waals surface area contributed by atoms with E-state index >= 15 is 0 Å². The fraction of sp³-hybridized carbons (Fsp3) is 0. The summed E-state index contributed by atoms with van der Waals surface area (Å²) < 4.78 is 2.44. The van der Waals surface area contributed by atoms with Crippen LogP contribution in [0.25, 0.3) is 115 Å². The highest BCUT2D eigenvalue weighted by Gasteiger charge is 2.28. The third-order valence-corrected chi connectivity index (χ3v) is 15.1. The summed E-state index contributed by atoms with van der Waals surface area (Å²) >= 11 is 0. The van der Waals surface area contributed by atoms with Crippen LogP contribution in [-0.4, -0.2) is 10.3 Å². The van der Waals surface area contributed by atoms with Crippen LogP contribution >= 0.6 is 0 Å². The van der Waals surface area contributed by atoms with Gasteiger partial charge in [0.1, 0.15) is 5.71 Å². The van der Waals surface area contributed by atoms with Crippen LogP contribution < -0.4 is 16.3 Å². The first-order valence-electron chi connectivity index (χ1n) is 24.6. The second-order valence-electron chi connectivity index (χ2n) is 19.0. The summed E-state index contributed by atoms with van der Waals surface area (Å²) in [6, 6.07) is 87.4. The van der Waals surface area contributed by atoms with Crippen molar-refractivity contribution >= 4 is 76.9 Å². The first kappa shape index (κ1) is 40.2. The molecular weight excluding hydrogens is 875 g/mol. The highest BCUT2D eigenvalue weighted by atomic mass is 15.7. The van der Waals surface area contributed by atoms with Crippen molar-refractivity contribution in [1.29, 1.82) is 0 Å². The molecular formula is C67H43N5. The summed E-state index contributed by atoms with van der Waals surface area (Å²) in [6.45, 7) is 0. The lowest BCUT2D eigenvalue weighted by Gasteiger charge is -2.32. The van der Waals surface area contributed by atoms with Gasteiger partial charge in [0, 0.05) is 49.8 Å². The molecule has 5 heteroatoms. The van der Waals surface area contributed by atoms with E-state index in [2.05, 4.69) is 253 Å². The Balaban J connectivity index is 0.924. The number of nitrogens with one attached hydrogen (secondary N) is 1. The Kier molecular flexibility index (Phi) is 8.74. The monoisotopic (exact) mass is 917 g/mol. The zero-order valence-corrected chi connectivity index (χ0v) is 39.0. The van der Waals surface area contributed by atoms with E-state index in [1.54, 1.807) is 0 Å². The van der Waals surface area contributed by atoms with Crippen molar-refractivity contribution in [2.45, 2.75) is 0 Å². The maximum atomic E-state index is 7.21. The maximum absolute atomic E-state index is 7.21. The smallest absolute Gasteiger partial charge is 0.102 e. The Morgan fingerprint density at radius 3 is 1.79 bits per heavy atom. The maximum Gasteiger partial charge on any atom is 0.102 e. The van der Waals surface area contributed by atoms with Crippen molar-refractivity contribution in [3.8, 4) is 61.3 Å². The zero-order chi connectivity index (χ0) is 47.4. The molecule has 0 bridgehead atoms. The minimum Gasteiger partial charge on any atom is -0.398 e. The zero-order valence-electron chi connectivity index (χ0n) is 39.0. The third-order valence-electron chi connectivity index (χ3n) is 15.1. The number of para-hydroxylation sites is 1. The van der Waals surface area contributed by atoms with Gasteiger partial charge < -0.3 is 10.3 Å². The number of anilines is 3. The van der Waals surface area contributed by atoms with Crippen LogP contribution in [0.5, 0.6) is 0 Å². The van der Waals surface area contributed by atoms with Crippen LogP contribution in [0.4, 0.5) is 17.1 Å². The fourth-order valence-electron chi connectivity index (χ4n) is 11.7. The Bertz CT molecular complexity index is 4420. The van der Waals surface area contributed by atoms with Gasteiger partial charge in [-0.25, -0.2) is 0 Å². The minimum absolute atomic E-state index is 0.686. The Morgan fingerprint density at radius 1 is 0.361 bits per heavy atom. The minimum atomic E-state index is 0.686. The standard InChI is InChI=1S/C67H43N5/c68-59-35-31-46(47-33-36-60-58(39-47)65-54-25-13-24-53-51-22-11-12-23-52(51)56(63(53)54)40-62(65)71(60)48-18-5-2-6-19-48)38-57(59)64-49-20-9-7-16-43(49)32-37-61(64)72-69-66(45-28-26-42(27-29-45)41-14-3-1-4-15-41)55-34-30-44-17-8-10-21-50(44)67(55)70-72/h1-40,70H,68H2. The van der Waals surface area contributed by atoms with Crippen molar-refractivity contribution in [1.82, 2.24) is 4.57 Å². The van der Waals surface area contributed by atoms with Crippen molar-refractivity contribution < 1.29 is 0 Å². The lowest BCUT2D eigenvalue weighted by Crippen LogP contribution is -2.32. The number of nitrogens with zero attached hydrogens (tertiary/aromatic N) is 3. The van der Waals surface area contributed by atoms with Gasteiger partial charge in [-0.3, -0.25) is 5.43 Å². The van der Waals surface area contributed by atoms with Gasteiger partial charge in [-0.1, -0.05) is 188 Å². The molecule has 15 rings (SSSR count). The number of hydrazine groups is 1. The van der Waals surface area contributed by atoms with E-state index in [4.69, 9.17) is 10.8 Å². The second-order valence-corrected chi connectivity index (χ2v) is 19.0. The summed E-state index contributed by atoms with van der Waals surface area (Å²) in [6.07, 6.45) is 0. The molecule has 1 aliphatic carbocycles. The number of hydrogen-bond acceptors (Lipinski definition) is 4. The van der Waals surface area contributed by atoms with E-state index in [0.717, 1.165) is 88.8 Å². The SMILES string of the molecule is Nc1ccc(-c2ccc3c(c2)c2c4cccc5c4c(cc2n3-c2ccccc2)-c2ccccc2-5)cc1-c1c(N2N=C(c3ccc(-c4ccccc4)cc3)c3ccc4ccccc4c3N2)ccc2ccccc12. The number of aromatic nitrogens is 1. The molecule has 336 valence electrons. The second kappa shape index (κ2) is 15.7. The summed E-state index contributed by atoms with van der Waals surface area (Å²) in [5, 5.41) is 17.0. The average Bonchev–Trinajstić information content (AvgIpc) is 3.96. The molecule has 0 radical (unpaired) electrons. The molecule has 0 fully saturated rings. The van der Waals surface area contributed by atoms with E-state index < -0.39 is 0 Å². The van der Waals surface area contributed by atoms with E-state index in [1.165, 1.54) is 54.9 Å². The van der Waals surface area contributed by atoms with Crippen LogP contribution in [-0.2, 0) is 0 Å². The Hall–Kier alpha value is -9.71. The quantitative estimate of drug-likeness (QED) is 0.163. The normalized spacial score (nSPS) is 12.7. The van der Waals surface area contributed by atoms with E-state index in [0.29, 0.717) is 5.69 Å². The predicted octanol–water partition coefficient (Wildman–Crippen LogP) is 17.1. The molecule has 5 nitrogen and oxygen atoms in total. The molecule has 0 saturated heterocycles. The van der Waals surface area contributed by atoms with E-state index in [9.17, 15) is 0 Å². The Morgan fingerprint density at radius 2 is 0.972 bits per heavy atom. The molecule has 1 aromatic heterocycles. The molecule has 2 aliphatic rings. The number of fused-ring (bicyclic) bond motifs is 11. The van der Waals surface area contributed by atoms with Crippen molar-refractivity contribution in [2.75, 3.05) is 16.3 Å². The van der Waals surface area contributed by atoms with Crippen LogP contribution in [0.15, 0.2) is 248 Å². The van der Waals surface area contributed by atoms with Crippen LogP contribution in [0, 0.1) is 0 Å². The summed E-state index contributed by atoms with van der Waals surface area (Å²) in [7, 11) is 0. The third kappa shape index (κ3) is 6.04. The van der Waals surface area contributed by atoms with Crippen molar-refractivity contribution in [3.05, 3.63) is 254 Å². The molecule has 72 heavy (non-hydrogen) atoms. The van der Waals surface area contributed by atoms with Gasteiger partial charge >= 0.3 is 0 Å². The van der Waals surface area contributed by atoms with Gasteiger partial charge in [0.2, 0.25) is 0 Å². The van der Waals surface area contributed by atoms with Crippen LogP contribution in [0.2, 0.25) is 0 Å². The number of hydrogen-bond donors (Lipinski definition) is 2. The summed E-state index contributed by atoms with van der Waals surface area (Å²) in [5.74, 6) is 0. The van der Waals surface area contributed by atoms with Gasteiger partial charge in [0.15, 0.2) is 0 Å². The highest BCUT2D eigenvalue weighted by Crippen LogP contribution is 2.52. The van der Waals surface area contributed by atoms with Gasteiger partial charge in [0.25, 0.3) is 0 Å². The van der Waals surface area contributed by atoms with Gasteiger partial charge in [-0.05, 0) is 126 Å². The highest BCUT2D eigenvalue weighted by molar-refractivity contribution is 6.30. The van der Waals surface area contributed by atoms with Crippen LogP contribution in [0.3, 0.4) is 0 Å². The van der Waals surface area contributed by atoms with Gasteiger partial charge in [-0.2, -0.15) is 10.2 Å². The molecule has 0 saturated carbocycles. The fourth-order valence-corrected chi connectivity index (χ4v) is 11.7. The van der Waals surface area contributed by atoms with E-state index in [1.807, 2.05) is 5.12 Å². The number of nitrogens with two attached hydrogens (primary N) is 1. The average molecular weight is 918 g/mol. The van der Waals surface area contributed by atoms with Crippen LogP contribution in [0.1, 0.15) is 11.1 Å². The van der Waals surface area contributed by atoms with E-state index in [-0.39, 0.29) is 0 Å². The number of nitrogen functional groups attached to an aromatic ring is 1. The number of rotatable bonds is 6. The molecule has 3 N–H and O–H groups in total. The largest absolute Gasteiger partial charge is 0.398 e. The predicted molar refractivity (Wildman–Crippen MR) is 303 cm³/mol.